The fourth-order valence-corrected chi connectivity index (χ4v) is 3.40. The standard InChI is InChI=1S/C20H25N3O2/c1-2-18(15-6-4-3-5-7-15)20(24)23-16-8-10-17(11-9-16)25-19-14-21-12-13-22-19/h3-7,12-14,16-18H,2,8-11H2,1H3,(H,23,24). The van der Waals surface area contributed by atoms with E-state index >= 15 is 0 Å². The second-order valence-corrected chi connectivity index (χ2v) is 6.52. The van der Waals surface area contributed by atoms with Gasteiger partial charge in [0.15, 0.2) is 0 Å². The summed E-state index contributed by atoms with van der Waals surface area (Å²) in [5.74, 6) is 0.631. The van der Waals surface area contributed by atoms with Crippen molar-refractivity contribution in [2.75, 3.05) is 0 Å². The summed E-state index contributed by atoms with van der Waals surface area (Å²) in [6, 6.07) is 10.2. The van der Waals surface area contributed by atoms with Gasteiger partial charge in [-0.15, -0.1) is 0 Å². The van der Waals surface area contributed by atoms with Crippen LogP contribution < -0.4 is 10.1 Å². The lowest BCUT2D eigenvalue weighted by Gasteiger charge is -2.30. The van der Waals surface area contributed by atoms with Gasteiger partial charge in [-0.05, 0) is 37.7 Å². The predicted octanol–water partition coefficient (Wildman–Crippen LogP) is 3.48. The summed E-state index contributed by atoms with van der Waals surface area (Å²) in [4.78, 5) is 20.8. The van der Waals surface area contributed by atoms with Crippen molar-refractivity contribution in [3.63, 3.8) is 0 Å². The zero-order chi connectivity index (χ0) is 17.5. The first-order chi connectivity index (χ1) is 12.3. The number of nitrogens with one attached hydrogen (secondary N) is 1. The predicted molar refractivity (Wildman–Crippen MR) is 96.3 cm³/mol. The number of ether oxygens (including phenoxy) is 1. The molecule has 1 fully saturated rings. The number of carbonyl (C=O) groups excluding carboxylic acids is 1. The van der Waals surface area contributed by atoms with Crippen molar-refractivity contribution in [3.05, 3.63) is 54.5 Å². The molecule has 0 spiro atoms. The molecule has 1 aromatic heterocycles. The van der Waals surface area contributed by atoms with Crippen LogP contribution in [0, 0.1) is 0 Å². The molecule has 0 saturated heterocycles. The molecule has 0 aliphatic heterocycles. The van der Waals surface area contributed by atoms with Gasteiger partial charge < -0.3 is 10.1 Å². The SMILES string of the molecule is CCC(C(=O)NC1CCC(Oc2cnccn2)CC1)c1ccccc1. The second-order valence-electron chi connectivity index (χ2n) is 6.52. The van der Waals surface area contributed by atoms with Gasteiger partial charge in [0.2, 0.25) is 11.8 Å². The highest BCUT2D eigenvalue weighted by molar-refractivity contribution is 5.83. The van der Waals surface area contributed by atoms with E-state index in [9.17, 15) is 4.79 Å². The smallest absolute Gasteiger partial charge is 0.232 e. The van der Waals surface area contributed by atoms with Crippen LogP contribution in [-0.2, 0) is 4.79 Å². The summed E-state index contributed by atoms with van der Waals surface area (Å²) in [7, 11) is 0. The van der Waals surface area contributed by atoms with Crippen LogP contribution in [0.25, 0.3) is 0 Å². The van der Waals surface area contributed by atoms with Gasteiger partial charge in [-0.1, -0.05) is 37.3 Å². The van der Waals surface area contributed by atoms with Crippen molar-refractivity contribution in [2.45, 2.75) is 57.1 Å². The van der Waals surface area contributed by atoms with E-state index in [1.54, 1.807) is 18.6 Å². The summed E-state index contributed by atoms with van der Waals surface area (Å²) in [6.45, 7) is 2.06. The Morgan fingerprint density at radius 3 is 2.60 bits per heavy atom. The van der Waals surface area contributed by atoms with Gasteiger partial charge >= 0.3 is 0 Å². The highest BCUT2D eigenvalue weighted by Gasteiger charge is 2.26. The Morgan fingerprint density at radius 1 is 1.20 bits per heavy atom. The molecule has 1 aliphatic carbocycles. The lowest BCUT2D eigenvalue weighted by Crippen LogP contribution is -2.41. The first-order valence-electron chi connectivity index (χ1n) is 9.04. The van der Waals surface area contributed by atoms with Crippen molar-refractivity contribution < 1.29 is 9.53 Å². The molecule has 2 aromatic rings. The quantitative estimate of drug-likeness (QED) is 0.875. The van der Waals surface area contributed by atoms with E-state index in [4.69, 9.17) is 4.74 Å². The summed E-state index contributed by atoms with van der Waals surface area (Å²) < 4.78 is 5.86. The van der Waals surface area contributed by atoms with Crippen molar-refractivity contribution in [2.24, 2.45) is 0 Å². The van der Waals surface area contributed by atoms with Gasteiger partial charge in [0.1, 0.15) is 6.10 Å². The van der Waals surface area contributed by atoms with Crippen LogP contribution in [0.1, 0.15) is 50.5 Å². The molecule has 1 N–H and O–H groups in total. The topological polar surface area (TPSA) is 64.1 Å². The van der Waals surface area contributed by atoms with Crippen molar-refractivity contribution in [3.8, 4) is 5.88 Å². The number of hydrogen-bond acceptors (Lipinski definition) is 4. The second kappa shape index (κ2) is 8.60. The zero-order valence-electron chi connectivity index (χ0n) is 14.6. The highest BCUT2D eigenvalue weighted by atomic mass is 16.5. The van der Waals surface area contributed by atoms with Gasteiger partial charge in [-0.25, -0.2) is 4.98 Å². The molecule has 1 unspecified atom stereocenters. The Kier molecular flexibility index (Phi) is 5.99. The largest absolute Gasteiger partial charge is 0.473 e. The maximum atomic E-state index is 12.7. The Morgan fingerprint density at radius 2 is 1.96 bits per heavy atom. The molecule has 5 heteroatoms. The molecule has 1 saturated carbocycles. The summed E-state index contributed by atoms with van der Waals surface area (Å²) in [6.07, 6.45) is 9.57. The molecular weight excluding hydrogens is 314 g/mol. The summed E-state index contributed by atoms with van der Waals surface area (Å²) in [5, 5.41) is 3.23. The first-order valence-corrected chi connectivity index (χ1v) is 9.04. The van der Waals surface area contributed by atoms with E-state index < -0.39 is 0 Å². The number of hydrogen-bond donors (Lipinski definition) is 1. The molecule has 132 valence electrons. The van der Waals surface area contributed by atoms with Gasteiger partial charge in [-0.2, -0.15) is 0 Å². The lowest BCUT2D eigenvalue weighted by atomic mass is 9.91. The number of benzene rings is 1. The van der Waals surface area contributed by atoms with E-state index in [1.165, 1.54) is 0 Å². The monoisotopic (exact) mass is 339 g/mol. The molecule has 0 bridgehead atoms. The normalized spacial score (nSPS) is 21.3. The molecule has 1 aromatic carbocycles. The summed E-state index contributed by atoms with van der Waals surface area (Å²) in [5.41, 5.74) is 1.09. The van der Waals surface area contributed by atoms with E-state index in [2.05, 4.69) is 22.2 Å². The average molecular weight is 339 g/mol. The molecule has 1 heterocycles. The number of carbonyl (C=O) groups is 1. The molecule has 1 aliphatic rings. The van der Waals surface area contributed by atoms with E-state index in [0.29, 0.717) is 5.88 Å². The van der Waals surface area contributed by atoms with E-state index in [-0.39, 0.29) is 24.0 Å². The van der Waals surface area contributed by atoms with Crippen LogP contribution in [0.3, 0.4) is 0 Å². The first kappa shape index (κ1) is 17.4. The lowest BCUT2D eigenvalue weighted by molar-refractivity contribution is -0.123. The van der Waals surface area contributed by atoms with Gasteiger partial charge in [0.05, 0.1) is 12.1 Å². The third kappa shape index (κ3) is 4.78. The fourth-order valence-electron chi connectivity index (χ4n) is 3.40. The van der Waals surface area contributed by atoms with Crippen molar-refractivity contribution in [1.29, 1.82) is 0 Å². The molecule has 1 atom stereocenters. The molecule has 0 radical (unpaired) electrons. The number of aromatic nitrogens is 2. The minimum atomic E-state index is -0.0743. The Hall–Kier alpha value is -2.43. The van der Waals surface area contributed by atoms with Crippen molar-refractivity contribution >= 4 is 5.91 Å². The molecule has 5 nitrogen and oxygen atoms in total. The minimum Gasteiger partial charge on any atom is -0.473 e. The van der Waals surface area contributed by atoms with E-state index in [1.807, 2.05) is 30.3 Å². The molecule has 1 amide bonds. The third-order valence-electron chi connectivity index (χ3n) is 4.77. The van der Waals surface area contributed by atoms with Crippen LogP contribution in [0.4, 0.5) is 0 Å². The van der Waals surface area contributed by atoms with Crippen LogP contribution >= 0.6 is 0 Å². The van der Waals surface area contributed by atoms with Gasteiger partial charge in [0.25, 0.3) is 0 Å². The zero-order valence-corrected chi connectivity index (χ0v) is 14.6. The average Bonchev–Trinajstić information content (AvgIpc) is 2.66. The van der Waals surface area contributed by atoms with Crippen LogP contribution in [-0.4, -0.2) is 28.0 Å². The Balaban J connectivity index is 1.49. The Bertz CT molecular complexity index is 655. The number of amides is 1. The third-order valence-corrected chi connectivity index (χ3v) is 4.77. The molecular formula is C20H25N3O2. The van der Waals surface area contributed by atoms with Gasteiger partial charge in [-0.3, -0.25) is 9.78 Å². The van der Waals surface area contributed by atoms with Crippen LogP contribution in [0.5, 0.6) is 5.88 Å². The molecule has 25 heavy (non-hydrogen) atoms. The maximum absolute atomic E-state index is 12.7. The number of rotatable bonds is 6. The maximum Gasteiger partial charge on any atom is 0.232 e. The van der Waals surface area contributed by atoms with Crippen LogP contribution in [0.2, 0.25) is 0 Å². The molecule has 3 rings (SSSR count). The fraction of sp³-hybridized carbons (Fsp3) is 0.450. The van der Waals surface area contributed by atoms with E-state index in [0.717, 1.165) is 37.7 Å². The van der Waals surface area contributed by atoms with Crippen LogP contribution in [0.15, 0.2) is 48.9 Å². The summed E-state index contributed by atoms with van der Waals surface area (Å²) >= 11 is 0. The van der Waals surface area contributed by atoms with Crippen molar-refractivity contribution in [1.82, 2.24) is 15.3 Å². The Labute approximate surface area is 148 Å². The minimum absolute atomic E-state index is 0.0743. The van der Waals surface area contributed by atoms with Gasteiger partial charge in [0, 0.05) is 18.4 Å². The highest BCUT2D eigenvalue weighted by Crippen LogP contribution is 2.24. The number of nitrogens with zero attached hydrogens (tertiary/aromatic N) is 2.